The Labute approximate surface area is 70.4 Å². The number of hydrogen-bond donors (Lipinski definition) is 1. The second-order valence-corrected chi connectivity index (χ2v) is 3.81. The molecule has 0 aromatic rings. The van der Waals surface area contributed by atoms with Crippen LogP contribution in [0.5, 0.6) is 0 Å². The maximum Gasteiger partial charge on any atom is 0.102 e. The predicted octanol–water partition coefficient (Wildman–Crippen LogP) is 1.25. The smallest absolute Gasteiger partial charge is 0.102 e. The van der Waals surface area contributed by atoms with Gasteiger partial charge in [0, 0.05) is 0 Å². The van der Waals surface area contributed by atoms with Crippen LogP contribution in [0.15, 0.2) is 0 Å². The predicted molar refractivity (Wildman–Crippen MR) is 48.5 cm³/mol. The SMILES string of the molecule is CCCCC[N+](C)(C)CCO. The molecule has 0 saturated carbocycles. The molecule has 0 radical (unpaired) electrons. The monoisotopic (exact) mass is 160 g/mol. The average Bonchev–Trinajstić information content (AvgIpc) is 1.87. The summed E-state index contributed by atoms with van der Waals surface area (Å²) in [5.74, 6) is 0. The zero-order chi connectivity index (χ0) is 8.74. The standard InChI is InChI=1S/C9H22NO/c1-4-5-6-7-10(2,3)8-9-11/h11H,4-9H2,1-3H3/q+1. The minimum absolute atomic E-state index is 0.305. The molecule has 0 aliphatic heterocycles. The number of rotatable bonds is 6. The summed E-state index contributed by atoms with van der Waals surface area (Å²) in [7, 11) is 4.34. The Morgan fingerprint density at radius 3 is 2.18 bits per heavy atom. The lowest BCUT2D eigenvalue weighted by Crippen LogP contribution is -2.42. The molecule has 68 valence electrons. The van der Waals surface area contributed by atoms with Gasteiger partial charge in [-0.25, -0.2) is 0 Å². The molecule has 0 unspecified atom stereocenters. The van der Waals surface area contributed by atoms with Gasteiger partial charge in [0.15, 0.2) is 0 Å². The number of aliphatic hydroxyl groups is 1. The van der Waals surface area contributed by atoms with Crippen molar-refractivity contribution in [2.24, 2.45) is 0 Å². The first-order valence-corrected chi connectivity index (χ1v) is 4.55. The van der Waals surface area contributed by atoms with Gasteiger partial charge in [-0.2, -0.15) is 0 Å². The Balaban J connectivity index is 3.38. The molecule has 0 saturated heterocycles. The Morgan fingerprint density at radius 1 is 1.09 bits per heavy atom. The second-order valence-electron chi connectivity index (χ2n) is 3.81. The van der Waals surface area contributed by atoms with Gasteiger partial charge in [-0.05, 0) is 12.8 Å². The van der Waals surface area contributed by atoms with Crippen LogP contribution >= 0.6 is 0 Å². The lowest BCUT2D eigenvalue weighted by atomic mass is 10.2. The van der Waals surface area contributed by atoms with E-state index in [1.165, 1.54) is 25.8 Å². The first-order valence-electron chi connectivity index (χ1n) is 4.55. The summed E-state index contributed by atoms with van der Waals surface area (Å²) in [5, 5.41) is 8.74. The van der Waals surface area contributed by atoms with Crippen LogP contribution in [0.3, 0.4) is 0 Å². The molecule has 1 N–H and O–H groups in total. The van der Waals surface area contributed by atoms with Crippen molar-refractivity contribution >= 4 is 0 Å². The normalized spacial score (nSPS) is 12.0. The summed E-state index contributed by atoms with van der Waals surface area (Å²) in [4.78, 5) is 0. The van der Waals surface area contributed by atoms with Gasteiger partial charge in [0.25, 0.3) is 0 Å². The van der Waals surface area contributed by atoms with Crippen molar-refractivity contribution in [2.45, 2.75) is 26.2 Å². The summed E-state index contributed by atoms with van der Waals surface area (Å²) in [5.41, 5.74) is 0. The third-order valence-corrected chi connectivity index (χ3v) is 2.07. The third kappa shape index (κ3) is 6.32. The highest BCUT2D eigenvalue weighted by Crippen LogP contribution is 2.02. The zero-order valence-electron chi connectivity index (χ0n) is 8.14. The minimum Gasteiger partial charge on any atom is -0.391 e. The van der Waals surface area contributed by atoms with Crippen LogP contribution in [0.25, 0.3) is 0 Å². The van der Waals surface area contributed by atoms with E-state index in [-0.39, 0.29) is 0 Å². The van der Waals surface area contributed by atoms with E-state index in [0.29, 0.717) is 6.61 Å². The van der Waals surface area contributed by atoms with E-state index >= 15 is 0 Å². The fourth-order valence-electron chi connectivity index (χ4n) is 1.17. The second kappa shape index (κ2) is 5.56. The number of nitrogens with zero attached hydrogens (tertiary/aromatic N) is 1. The highest BCUT2D eigenvalue weighted by molar-refractivity contribution is 4.37. The Bertz CT molecular complexity index is 91.6. The van der Waals surface area contributed by atoms with Crippen molar-refractivity contribution in [1.29, 1.82) is 0 Å². The van der Waals surface area contributed by atoms with Gasteiger partial charge < -0.3 is 9.59 Å². The van der Waals surface area contributed by atoms with Crippen LogP contribution in [-0.2, 0) is 0 Å². The van der Waals surface area contributed by atoms with Gasteiger partial charge >= 0.3 is 0 Å². The number of unbranched alkanes of at least 4 members (excludes halogenated alkanes) is 2. The van der Waals surface area contributed by atoms with Crippen molar-refractivity contribution in [3.8, 4) is 0 Å². The van der Waals surface area contributed by atoms with Crippen LogP contribution in [0.4, 0.5) is 0 Å². The van der Waals surface area contributed by atoms with E-state index < -0.39 is 0 Å². The van der Waals surface area contributed by atoms with E-state index in [1.807, 2.05) is 0 Å². The van der Waals surface area contributed by atoms with Gasteiger partial charge in [-0.3, -0.25) is 0 Å². The summed E-state index contributed by atoms with van der Waals surface area (Å²) in [6.45, 7) is 4.59. The quantitative estimate of drug-likeness (QED) is 0.458. The Hall–Kier alpha value is -0.0800. The number of quaternary nitrogens is 1. The molecular weight excluding hydrogens is 138 g/mol. The van der Waals surface area contributed by atoms with E-state index in [2.05, 4.69) is 21.0 Å². The third-order valence-electron chi connectivity index (χ3n) is 2.07. The van der Waals surface area contributed by atoms with Gasteiger partial charge in [0.1, 0.15) is 6.54 Å². The molecule has 11 heavy (non-hydrogen) atoms. The van der Waals surface area contributed by atoms with Gasteiger partial charge in [-0.1, -0.05) is 13.3 Å². The molecular formula is C9H22NO+. The van der Waals surface area contributed by atoms with Crippen molar-refractivity contribution in [3.05, 3.63) is 0 Å². The van der Waals surface area contributed by atoms with Gasteiger partial charge in [-0.15, -0.1) is 0 Å². The minimum atomic E-state index is 0.305. The molecule has 2 nitrogen and oxygen atoms in total. The molecule has 0 atom stereocenters. The average molecular weight is 160 g/mol. The molecule has 0 bridgehead atoms. The van der Waals surface area contributed by atoms with Crippen molar-refractivity contribution in [2.75, 3.05) is 33.8 Å². The van der Waals surface area contributed by atoms with Crippen molar-refractivity contribution in [3.63, 3.8) is 0 Å². The van der Waals surface area contributed by atoms with Gasteiger partial charge in [0.05, 0.1) is 27.2 Å². The molecule has 2 heteroatoms. The molecule has 0 aromatic carbocycles. The number of aliphatic hydroxyl groups excluding tert-OH is 1. The maximum atomic E-state index is 8.74. The van der Waals surface area contributed by atoms with Crippen LogP contribution in [0.2, 0.25) is 0 Å². The topological polar surface area (TPSA) is 20.2 Å². The lowest BCUT2D eigenvalue weighted by Gasteiger charge is -2.28. The summed E-state index contributed by atoms with van der Waals surface area (Å²) >= 11 is 0. The lowest BCUT2D eigenvalue weighted by molar-refractivity contribution is -0.890. The summed E-state index contributed by atoms with van der Waals surface area (Å²) in [6.07, 6.45) is 3.87. The van der Waals surface area contributed by atoms with E-state index in [1.54, 1.807) is 0 Å². The molecule has 0 aliphatic carbocycles. The summed E-state index contributed by atoms with van der Waals surface area (Å²) < 4.78 is 0.955. The van der Waals surface area contributed by atoms with E-state index in [9.17, 15) is 0 Å². The highest BCUT2D eigenvalue weighted by atomic mass is 16.3. The maximum absolute atomic E-state index is 8.74. The molecule has 0 aromatic heterocycles. The van der Waals surface area contributed by atoms with Crippen LogP contribution < -0.4 is 0 Å². The Kier molecular flexibility index (Phi) is 5.51. The highest BCUT2D eigenvalue weighted by Gasteiger charge is 2.12. The molecule has 0 heterocycles. The van der Waals surface area contributed by atoms with Crippen LogP contribution in [0, 0.1) is 0 Å². The molecule has 0 amide bonds. The molecule has 0 aliphatic rings. The largest absolute Gasteiger partial charge is 0.391 e. The van der Waals surface area contributed by atoms with Crippen molar-refractivity contribution < 1.29 is 9.59 Å². The van der Waals surface area contributed by atoms with Crippen molar-refractivity contribution in [1.82, 2.24) is 0 Å². The van der Waals surface area contributed by atoms with Crippen LogP contribution in [0.1, 0.15) is 26.2 Å². The fraction of sp³-hybridized carbons (Fsp3) is 1.00. The number of hydrogen-bond acceptors (Lipinski definition) is 1. The Morgan fingerprint density at radius 2 is 1.73 bits per heavy atom. The molecule has 0 rings (SSSR count). The fourth-order valence-corrected chi connectivity index (χ4v) is 1.17. The number of likely N-dealkylation sites (N-methyl/N-ethyl adjacent to an activating group) is 1. The zero-order valence-corrected chi connectivity index (χ0v) is 8.14. The summed E-state index contributed by atoms with van der Waals surface area (Å²) in [6, 6.07) is 0. The van der Waals surface area contributed by atoms with E-state index in [0.717, 1.165) is 11.0 Å². The first-order chi connectivity index (χ1) is 5.12. The molecule has 0 spiro atoms. The van der Waals surface area contributed by atoms with E-state index in [4.69, 9.17) is 5.11 Å². The van der Waals surface area contributed by atoms with Gasteiger partial charge in [0.2, 0.25) is 0 Å². The first kappa shape index (κ1) is 10.9. The van der Waals surface area contributed by atoms with Crippen LogP contribution in [-0.4, -0.2) is 43.4 Å². The molecule has 0 fully saturated rings.